The highest BCUT2D eigenvalue weighted by Crippen LogP contribution is 2.13. The molecule has 3 amide bonds. The summed E-state index contributed by atoms with van der Waals surface area (Å²) in [7, 11) is 0. The van der Waals surface area contributed by atoms with Crippen molar-refractivity contribution in [2.45, 2.75) is 13.0 Å². The van der Waals surface area contributed by atoms with Gasteiger partial charge in [-0.2, -0.15) is 0 Å². The molecule has 0 saturated carbocycles. The number of urea groups is 1. The lowest BCUT2D eigenvalue weighted by molar-refractivity contribution is -0.140. The van der Waals surface area contributed by atoms with Crippen LogP contribution in [0, 0.1) is 0 Å². The van der Waals surface area contributed by atoms with Gasteiger partial charge >= 0.3 is 12.0 Å². The fourth-order valence-electron chi connectivity index (χ4n) is 1.35. The van der Waals surface area contributed by atoms with Crippen LogP contribution < -0.4 is 16.0 Å². The smallest absolute Gasteiger partial charge is 0.328 e. The molecule has 108 valence electrons. The molecule has 0 unspecified atom stereocenters. The topological polar surface area (TPSA) is 128 Å². The van der Waals surface area contributed by atoms with Gasteiger partial charge in [0.2, 0.25) is 5.91 Å². The van der Waals surface area contributed by atoms with Crippen LogP contribution in [0.1, 0.15) is 6.92 Å². The summed E-state index contributed by atoms with van der Waals surface area (Å²) in [6.07, 6.45) is 0. The van der Waals surface area contributed by atoms with E-state index in [9.17, 15) is 14.4 Å². The Bertz CT molecular complexity index is 500. The van der Waals surface area contributed by atoms with Crippen LogP contribution in [0.5, 0.6) is 0 Å². The third kappa shape index (κ3) is 4.94. The summed E-state index contributed by atoms with van der Waals surface area (Å²) in [6.45, 7) is 0.671. The first-order valence-corrected chi connectivity index (χ1v) is 5.71. The van der Waals surface area contributed by atoms with E-state index in [2.05, 4.69) is 16.0 Å². The Morgan fingerprint density at radius 1 is 1.10 bits per heavy atom. The number of carbonyl (C=O) groups excluding carboxylic acids is 2. The van der Waals surface area contributed by atoms with E-state index in [0.717, 1.165) is 0 Å². The minimum Gasteiger partial charge on any atom is -0.480 e. The van der Waals surface area contributed by atoms with E-state index < -0.39 is 24.6 Å². The Morgan fingerprint density at radius 2 is 1.60 bits per heavy atom. The minimum atomic E-state index is -1.37. The summed E-state index contributed by atoms with van der Waals surface area (Å²) in [4.78, 5) is 32.9. The van der Waals surface area contributed by atoms with E-state index in [1.807, 2.05) is 0 Å². The zero-order valence-electron chi connectivity index (χ0n) is 10.7. The Hall–Kier alpha value is -2.61. The normalized spacial score (nSPS) is 11.3. The predicted molar refractivity (Wildman–Crippen MR) is 71.4 cm³/mol. The molecule has 1 rings (SSSR count). The molecule has 0 aliphatic heterocycles. The summed E-state index contributed by atoms with van der Waals surface area (Å²) in [5.74, 6) is -1.54. The van der Waals surface area contributed by atoms with Crippen molar-refractivity contribution >= 4 is 29.3 Å². The number of anilines is 2. The number of aliphatic carboxylic acids is 1. The van der Waals surface area contributed by atoms with Gasteiger partial charge in [-0.1, -0.05) is 0 Å². The molecule has 0 fully saturated rings. The highest BCUT2D eigenvalue weighted by molar-refractivity contribution is 5.93. The quantitative estimate of drug-likeness (QED) is 0.527. The number of carboxylic acid groups (broad SMARTS) is 1. The largest absolute Gasteiger partial charge is 0.480 e. The molecular weight excluding hydrogens is 266 g/mol. The van der Waals surface area contributed by atoms with Crippen LogP contribution in [0.25, 0.3) is 0 Å². The number of hydrogen-bond donors (Lipinski definition) is 5. The SMILES string of the molecule is CC(=O)Nc1ccc(NC(=O)N[C@H](CO)C(=O)O)cc1. The van der Waals surface area contributed by atoms with Crippen molar-refractivity contribution in [3.05, 3.63) is 24.3 Å². The number of hydrogen-bond acceptors (Lipinski definition) is 4. The van der Waals surface area contributed by atoms with Crippen LogP contribution in [-0.2, 0) is 9.59 Å². The highest BCUT2D eigenvalue weighted by Gasteiger charge is 2.18. The molecule has 0 saturated heterocycles. The standard InChI is InChI=1S/C12H15N3O5/c1-7(17)13-8-2-4-9(5-3-8)14-12(20)15-10(6-16)11(18)19/h2-5,10,16H,6H2,1H3,(H,13,17)(H,18,19)(H2,14,15,20)/t10-/m1/s1. The van der Waals surface area contributed by atoms with Crippen LogP contribution in [0.15, 0.2) is 24.3 Å². The van der Waals surface area contributed by atoms with Crippen LogP contribution >= 0.6 is 0 Å². The maximum Gasteiger partial charge on any atom is 0.328 e. The fraction of sp³-hybridized carbons (Fsp3) is 0.250. The number of benzene rings is 1. The van der Waals surface area contributed by atoms with E-state index in [4.69, 9.17) is 10.2 Å². The summed E-state index contributed by atoms with van der Waals surface area (Å²) in [5, 5.41) is 24.5. The molecular formula is C12H15N3O5. The molecule has 0 heterocycles. The summed E-state index contributed by atoms with van der Waals surface area (Å²) in [6, 6.07) is 4.13. The molecule has 1 aromatic carbocycles. The molecule has 0 radical (unpaired) electrons. The van der Waals surface area contributed by atoms with Crippen LogP contribution in [0.4, 0.5) is 16.2 Å². The molecule has 20 heavy (non-hydrogen) atoms. The van der Waals surface area contributed by atoms with Crippen LogP contribution in [0.3, 0.4) is 0 Å². The third-order valence-corrected chi connectivity index (χ3v) is 2.25. The minimum absolute atomic E-state index is 0.212. The number of nitrogens with one attached hydrogen (secondary N) is 3. The molecule has 8 heteroatoms. The lowest BCUT2D eigenvalue weighted by Crippen LogP contribution is -2.45. The van der Waals surface area contributed by atoms with Crippen molar-refractivity contribution in [1.82, 2.24) is 5.32 Å². The Kier molecular flexibility index (Phi) is 5.48. The van der Waals surface area contributed by atoms with Gasteiger partial charge in [-0.25, -0.2) is 9.59 Å². The van der Waals surface area contributed by atoms with Gasteiger partial charge in [0.25, 0.3) is 0 Å². The van der Waals surface area contributed by atoms with Gasteiger partial charge in [0.1, 0.15) is 0 Å². The molecule has 8 nitrogen and oxygen atoms in total. The second-order valence-corrected chi connectivity index (χ2v) is 3.93. The highest BCUT2D eigenvalue weighted by atomic mass is 16.4. The van der Waals surface area contributed by atoms with Crippen molar-refractivity contribution in [1.29, 1.82) is 0 Å². The first kappa shape index (κ1) is 15.4. The van der Waals surface area contributed by atoms with E-state index in [-0.39, 0.29) is 5.91 Å². The van der Waals surface area contributed by atoms with Gasteiger partial charge in [-0.05, 0) is 24.3 Å². The molecule has 0 bridgehead atoms. The molecule has 1 atom stereocenters. The number of aliphatic hydroxyl groups is 1. The lowest BCUT2D eigenvalue weighted by atomic mass is 10.2. The Balaban J connectivity index is 2.58. The third-order valence-electron chi connectivity index (χ3n) is 2.25. The van der Waals surface area contributed by atoms with Crippen molar-refractivity contribution in [3.63, 3.8) is 0 Å². The van der Waals surface area contributed by atoms with Crippen molar-refractivity contribution in [2.24, 2.45) is 0 Å². The van der Waals surface area contributed by atoms with E-state index in [1.165, 1.54) is 6.92 Å². The van der Waals surface area contributed by atoms with E-state index in [1.54, 1.807) is 24.3 Å². The van der Waals surface area contributed by atoms with Gasteiger partial charge in [-0.15, -0.1) is 0 Å². The monoisotopic (exact) mass is 281 g/mol. The van der Waals surface area contributed by atoms with Crippen LogP contribution in [0.2, 0.25) is 0 Å². The van der Waals surface area contributed by atoms with Crippen molar-refractivity contribution < 1.29 is 24.6 Å². The average molecular weight is 281 g/mol. The molecule has 1 aromatic rings. The molecule has 5 N–H and O–H groups in total. The van der Waals surface area contributed by atoms with Gasteiger partial charge in [-0.3, -0.25) is 4.79 Å². The van der Waals surface area contributed by atoms with Gasteiger partial charge < -0.3 is 26.2 Å². The van der Waals surface area contributed by atoms with E-state index in [0.29, 0.717) is 11.4 Å². The van der Waals surface area contributed by atoms with Crippen molar-refractivity contribution in [2.75, 3.05) is 17.2 Å². The molecule has 0 aliphatic carbocycles. The maximum absolute atomic E-state index is 11.5. The lowest BCUT2D eigenvalue weighted by Gasteiger charge is -2.12. The number of amides is 3. The number of carboxylic acids is 1. The second-order valence-electron chi connectivity index (χ2n) is 3.93. The van der Waals surface area contributed by atoms with Gasteiger partial charge in [0.05, 0.1) is 6.61 Å². The predicted octanol–water partition coefficient (Wildman–Crippen LogP) is 0.212. The molecule has 0 aromatic heterocycles. The first-order chi connectivity index (χ1) is 9.42. The Labute approximate surface area is 114 Å². The first-order valence-electron chi connectivity index (χ1n) is 5.71. The fourth-order valence-corrected chi connectivity index (χ4v) is 1.35. The molecule has 0 aliphatic rings. The number of rotatable bonds is 5. The summed E-state index contributed by atoms with van der Waals surface area (Å²) in [5.41, 5.74) is 0.987. The zero-order valence-corrected chi connectivity index (χ0v) is 10.7. The van der Waals surface area contributed by atoms with Crippen LogP contribution in [-0.4, -0.2) is 40.8 Å². The maximum atomic E-state index is 11.5. The average Bonchev–Trinajstić information content (AvgIpc) is 2.37. The van der Waals surface area contributed by atoms with Gasteiger partial charge in [0.15, 0.2) is 6.04 Å². The number of carbonyl (C=O) groups is 3. The van der Waals surface area contributed by atoms with E-state index >= 15 is 0 Å². The Morgan fingerprint density at radius 3 is 2.00 bits per heavy atom. The zero-order chi connectivity index (χ0) is 15.1. The summed E-state index contributed by atoms with van der Waals surface area (Å²) < 4.78 is 0. The summed E-state index contributed by atoms with van der Waals surface area (Å²) >= 11 is 0. The second kappa shape index (κ2) is 7.10. The molecule has 0 spiro atoms. The number of aliphatic hydroxyl groups excluding tert-OH is 1. The van der Waals surface area contributed by atoms with Crippen molar-refractivity contribution in [3.8, 4) is 0 Å². The van der Waals surface area contributed by atoms with Gasteiger partial charge in [0, 0.05) is 18.3 Å².